The highest BCUT2D eigenvalue weighted by Gasteiger charge is 2.27. The van der Waals surface area contributed by atoms with E-state index < -0.39 is 22.0 Å². The van der Waals surface area contributed by atoms with Gasteiger partial charge in [-0.2, -0.15) is 4.72 Å². The number of benzene rings is 1. The average Bonchev–Trinajstić information content (AvgIpc) is 2.98. The van der Waals surface area contributed by atoms with Crippen molar-refractivity contribution in [3.8, 4) is 5.69 Å². The Labute approximate surface area is 127 Å². The first kappa shape index (κ1) is 16.0. The van der Waals surface area contributed by atoms with Gasteiger partial charge in [-0.3, -0.25) is 4.79 Å². The van der Waals surface area contributed by atoms with Gasteiger partial charge in [0.15, 0.2) is 0 Å². The second-order valence-corrected chi connectivity index (χ2v) is 6.64. The maximum absolute atomic E-state index is 12.2. The minimum atomic E-state index is -3.93. The molecule has 0 radical (unpaired) electrons. The van der Waals surface area contributed by atoms with Gasteiger partial charge in [0.1, 0.15) is 12.4 Å². The molecular formula is C12H15N5O4S. The molecule has 0 aliphatic heterocycles. The van der Waals surface area contributed by atoms with Crippen LogP contribution in [0.1, 0.15) is 13.8 Å². The Balaban J connectivity index is 2.24. The number of sulfonamides is 1. The number of hydrogen-bond acceptors (Lipinski definition) is 6. The fourth-order valence-electron chi connectivity index (χ4n) is 1.76. The van der Waals surface area contributed by atoms with Crippen LogP contribution in [0.2, 0.25) is 0 Å². The van der Waals surface area contributed by atoms with Crippen LogP contribution in [-0.2, 0) is 14.8 Å². The lowest BCUT2D eigenvalue weighted by Gasteiger charge is -2.18. The summed E-state index contributed by atoms with van der Waals surface area (Å²) in [6.45, 7) is 3.25. The first-order valence-electron chi connectivity index (χ1n) is 6.40. The molecule has 0 aliphatic carbocycles. The van der Waals surface area contributed by atoms with Crippen LogP contribution >= 0.6 is 0 Å². The zero-order valence-electron chi connectivity index (χ0n) is 11.9. The second kappa shape index (κ2) is 6.20. The van der Waals surface area contributed by atoms with Gasteiger partial charge in [0.05, 0.1) is 10.6 Å². The van der Waals surface area contributed by atoms with Gasteiger partial charge in [0.2, 0.25) is 10.0 Å². The summed E-state index contributed by atoms with van der Waals surface area (Å²) < 4.78 is 28.0. The Morgan fingerprint density at radius 3 is 2.36 bits per heavy atom. The van der Waals surface area contributed by atoms with Gasteiger partial charge < -0.3 is 5.11 Å². The Kier molecular flexibility index (Phi) is 4.52. The summed E-state index contributed by atoms with van der Waals surface area (Å²) in [5.74, 6) is -1.60. The normalized spacial score (nSPS) is 13.2. The third kappa shape index (κ3) is 3.46. The summed E-state index contributed by atoms with van der Waals surface area (Å²) in [6.07, 6.45) is 1.38. The third-order valence-electron chi connectivity index (χ3n) is 2.98. The Morgan fingerprint density at radius 2 is 1.91 bits per heavy atom. The third-order valence-corrected chi connectivity index (χ3v) is 4.43. The van der Waals surface area contributed by atoms with E-state index in [1.165, 1.54) is 35.3 Å². The van der Waals surface area contributed by atoms with Gasteiger partial charge in [0.25, 0.3) is 0 Å². The molecule has 0 amide bonds. The molecule has 2 N–H and O–H groups in total. The lowest BCUT2D eigenvalue weighted by Crippen LogP contribution is -2.44. The first-order valence-corrected chi connectivity index (χ1v) is 7.88. The van der Waals surface area contributed by atoms with Crippen LogP contribution in [0.15, 0.2) is 35.5 Å². The molecule has 22 heavy (non-hydrogen) atoms. The molecule has 1 aromatic heterocycles. The lowest BCUT2D eigenvalue weighted by atomic mass is 10.1. The summed E-state index contributed by atoms with van der Waals surface area (Å²) >= 11 is 0. The number of rotatable bonds is 6. The molecule has 1 atom stereocenters. The second-order valence-electron chi connectivity index (χ2n) is 4.93. The number of aromatic nitrogens is 4. The molecule has 0 aliphatic rings. The van der Waals surface area contributed by atoms with Crippen molar-refractivity contribution >= 4 is 16.0 Å². The largest absolute Gasteiger partial charge is 0.480 e. The molecule has 0 bridgehead atoms. The van der Waals surface area contributed by atoms with E-state index in [2.05, 4.69) is 20.2 Å². The highest BCUT2D eigenvalue weighted by atomic mass is 32.2. The maximum Gasteiger partial charge on any atom is 0.322 e. The molecule has 9 nitrogen and oxygen atoms in total. The van der Waals surface area contributed by atoms with E-state index in [0.29, 0.717) is 5.69 Å². The molecule has 0 spiro atoms. The Bertz CT molecular complexity index is 740. The first-order chi connectivity index (χ1) is 10.3. The van der Waals surface area contributed by atoms with E-state index >= 15 is 0 Å². The van der Waals surface area contributed by atoms with Crippen molar-refractivity contribution in [2.75, 3.05) is 0 Å². The molecule has 0 unspecified atom stereocenters. The molecule has 0 saturated heterocycles. The predicted molar refractivity (Wildman–Crippen MR) is 75.7 cm³/mol. The summed E-state index contributed by atoms with van der Waals surface area (Å²) in [5.41, 5.74) is 0.586. The molecule has 10 heteroatoms. The van der Waals surface area contributed by atoms with Gasteiger partial charge in [-0.05, 0) is 40.6 Å². The van der Waals surface area contributed by atoms with Crippen molar-refractivity contribution in [2.45, 2.75) is 24.8 Å². The molecule has 0 fully saturated rings. The number of carboxylic acid groups (broad SMARTS) is 1. The summed E-state index contributed by atoms with van der Waals surface area (Å²) in [5, 5.41) is 19.7. The topological polar surface area (TPSA) is 127 Å². The van der Waals surface area contributed by atoms with Crippen molar-refractivity contribution in [1.29, 1.82) is 0 Å². The van der Waals surface area contributed by atoms with Crippen molar-refractivity contribution < 1.29 is 18.3 Å². The quantitative estimate of drug-likeness (QED) is 0.768. The van der Waals surface area contributed by atoms with Gasteiger partial charge in [0, 0.05) is 0 Å². The zero-order chi connectivity index (χ0) is 16.3. The number of carbonyl (C=O) groups is 1. The Hall–Kier alpha value is -2.33. The fraction of sp³-hybridized carbons (Fsp3) is 0.333. The van der Waals surface area contributed by atoms with Crippen LogP contribution in [0, 0.1) is 5.92 Å². The van der Waals surface area contributed by atoms with E-state index in [9.17, 15) is 13.2 Å². The van der Waals surface area contributed by atoms with E-state index in [4.69, 9.17) is 5.11 Å². The summed E-state index contributed by atoms with van der Waals surface area (Å²) in [6, 6.07) is 4.58. The average molecular weight is 325 g/mol. The molecular weight excluding hydrogens is 310 g/mol. The minimum Gasteiger partial charge on any atom is -0.480 e. The van der Waals surface area contributed by atoms with E-state index in [0.717, 1.165) is 0 Å². The number of aliphatic carboxylic acids is 1. The molecule has 2 rings (SSSR count). The van der Waals surface area contributed by atoms with Crippen LogP contribution in [0.4, 0.5) is 0 Å². The highest BCUT2D eigenvalue weighted by Crippen LogP contribution is 2.14. The lowest BCUT2D eigenvalue weighted by molar-refractivity contribution is -0.140. The molecule has 118 valence electrons. The summed E-state index contributed by atoms with van der Waals surface area (Å²) in [7, 11) is -3.93. The zero-order valence-corrected chi connectivity index (χ0v) is 12.7. The Morgan fingerprint density at radius 1 is 1.27 bits per heavy atom. The number of nitrogens with zero attached hydrogens (tertiary/aromatic N) is 4. The number of carboxylic acids is 1. The number of nitrogens with one attached hydrogen (secondary N) is 1. The fourth-order valence-corrected chi connectivity index (χ4v) is 3.10. The van der Waals surface area contributed by atoms with Crippen LogP contribution < -0.4 is 4.72 Å². The highest BCUT2D eigenvalue weighted by molar-refractivity contribution is 7.89. The van der Waals surface area contributed by atoms with Crippen LogP contribution in [0.3, 0.4) is 0 Å². The monoisotopic (exact) mass is 325 g/mol. The molecule has 1 aromatic carbocycles. The standard InChI is InChI=1S/C12H15N5O4S/c1-8(2)11(12(18)19)14-22(20,21)10-5-3-9(4-6-10)17-7-13-15-16-17/h3-8,11,14H,1-2H3,(H,18,19)/t11-/m1/s1. The molecule has 1 heterocycles. The SMILES string of the molecule is CC(C)[C@@H](NS(=O)(=O)c1ccc(-n2cnnn2)cc1)C(=O)O. The maximum atomic E-state index is 12.2. The van der Waals surface area contributed by atoms with E-state index in [-0.39, 0.29) is 10.8 Å². The number of tetrazole rings is 1. The predicted octanol–water partition coefficient (Wildman–Crippen LogP) is 0.0498. The van der Waals surface area contributed by atoms with E-state index in [1.54, 1.807) is 13.8 Å². The van der Waals surface area contributed by atoms with Gasteiger partial charge in [-0.1, -0.05) is 13.8 Å². The minimum absolute atomic E-state index is 0.0313. The molecule has 2 aromatic rings. The van der Waals surface area contributed by atoms with Crippen molar-refractivity contribution in [3.05, 3.63) is 30.6 Å². The van der Waals surface area contributed by atoms with Crippen molar-refractivity contribution in [1.82, 2.24) is 24.9 Å². The van der Waals surface area contributed by atoms with Crippen molar-refractivity contribution in [2.24, 2.45) is 5.92 Å². The van der Waals surface area contributed by atoms with Crippen LogP contribution in [0.25, 0.3) is 5.69 Å². The van der Waals surface area contributed by atoms with Crippen LogP contribution in [-0.4, -0.2) is 45.7 Å². The van der Waals surface area contributed by atoms with Gasteiger partial charge in [-0.15, -0.1) is 5.10 Å². The smallest absolute Gasteiger partial charge is 0.322 e. The van der Waals surface area contributed by atoms with Gasteiger partial charge >= 0.3 is 5.97 Å². The number of hydrogen-bond donors (Lipinski definition) is 2. The molecule has 0 saturated carbocycles. The summed E-state index contributed by atoms with van der Waals surface area (Å²) in [4.78, 5) is 11.1. The van der Waals surface area contributed by atoms with Crippen LogP contribution in [0.5, 0.6) is 0 Å². The van der Waals surface area contributed by atoms with E-state index in [1.807, 2.05) is 0 Å². The van der Waals surface area contributed by atoms with Gasteiger partial charge in [-0.25, -0.2) is 13.1 Å². The van der Waals surface area contributed by atoms with Crippen molar-refractivity contribution in [3.63, 3.8) is 0 Å².